The van der Waals surface area contributed by atoms with Gasteiger partial charge in [-0.15, -0.1) is 0 Å². The Kier molecular flexibility index (Phi) is 21.3. The average molecular weight is 844 g/mol. The Morgan fingerprint density at radius 2 is 0.952 bits per heavy atom. The molecule has 4 unspecified atom stereocenters. The first-order chi connectivity index (χ1) is 29.3. The molecule has 1 aromatic heterocycles. The second-order valence-electron chi connectivity index (χ2n) is 20.7. The highest BCUT2D eigenvalue weighted by atomic mass is 16.5. The Bertz CT molecular complexity index is 1950. The number of nitrogens with zero attached hydrogens (tertiary/aromatic N) is 1. The molecule has 344 valence electrons. The number of fused-ring (bicyclic) bond motifs is 3. The third-order valence-electron chi connectivity index (χ3n) is 12.7. The molecule has 62 heavy (non-hydrogen) atoms. The van der Waals surface area contributed by atoms with Crippen molar-refractivity contribution >= 4 is 10.8 Å². The van der Waals surface area contributed by atoms with E-state index >= 15 is 0 Å². The van der Waals surface area contributed by atoms with Crippen molar-refractivity contribution in [3.8, 4) is 5.75 Å². The van der Waals surface area contributed by atoms with E-state index in [0.29, 0.717) is 33.5 Å². The lowest BCUT2D eigenvalue weighted by Crippen LogP contribution is -2.19. The van der Waals surface area contributed by atoms with Crippen LogP contribution in [-0.4, -0.2) is 11.2 Å². The number of aromatic nitrogens is 1. The first-order valence-corrected chi connectivity index (χ1v) is 24.8. The fourth-order valence-electron chi connectivity index (χ4n) is 9.59. The average Bonchev–Trinajstić information content (AvgIpc) is 4.09. The highest BCUT2D eigenvalue weighted by Gasteiger charge is 2.35. The molecule has 2 nitrogen and oxygen atoms in total. The Morgan fingerprint density at radius 1 is 0.452 bits per heavy atom. The predicted molar refractivity (Wildman–Crippen MR) is 278 cm³/mol. The molecule has 2 heteroatoms. The van der Waals surface area contributed by atoms with Crippen LogP contribution >= 0.6 is 0 Å². The van der Waals surface area contributed by atoms with Crippen LogP contribution in [0.4, 0.5) is 0 Å². The minimum absolute atomic E-state index is 0.298. The van der Waals surface area contributed by atoms with Gasteiger partial charge in [0, 0.05) is 35.8 Å². The van der Waals surface area contributed by atoms with E-state index in [0.717, 1.165) is 24.2 Å². The first-order valence-electron chi connectivity index (χ1n) is 24.8. The molecule has 0 radical (unpaired) electrons. The van der Waals surface area contributed by atoms with Crippen LogP contribution in [0.15, 0.2) is 103 Å². The van der Waals surface area contributed by atoms with E-state index in [-0.39, 0.29) is 0 Å². The van der Waals surface area contributed by atoms with Crippen LogP contribution in [0.5, 0.6) is 5.75 Å². The van der Waals surface area contributed by atoms with Crippen molar-refractivity contribution in [3.63, 3.8) is 0 Å². The van der Waals surface area contributed by atoms with Gasteiger partial charge in [0.05, 0.1) is 6.61 Å². The maximum absolute atomic E-state index is 5.64. The Balaban J connectivity index is 0.000000271. The van der Waals surface area contributed by atoms with Gasteiger partial charge in [-0.1, -0.05) is 217 Å². The molecule has 5 aromatic rings. The molecule has 0 bridgehead atoms. The lowest BCUT2D eigenvalue weighted by molar-refractivity contribution is 0.243. The van der Waals surface area contributed by atoms with Crippen LogP contribution in [0, 0.1) is 21.7 Å². The molecular formula is C60H93NO. The smallest absolute Gasteiger partial charge is 0.122 e. The minimum atomic E-state index is 0.298. The van der Waals surface area contributed by atoms with Gasteiger partial charge in [-0.2, -0.15) is 0 Å². The van der Waals surface area contributed by atoms with Gasteiger partial charge in [-0.3, -0.25) is 0 Å². The molecule has 3 heterocycles. The van der Waals surface area contributed by atoms with Gasteiger partial charge in [0.25, 0.3) is 0 Å². The van der Waals surface area contributed by atoms with Crippen molar-refractivity contribution in [1.82, 2.24) is 4.57 Å². The zero-order valence-electron chi connectivity index (χ0n) is 43.7. The van der Waals surface area contributed by atoms with E-state index in [1.807, 2.05) is 61.5 Å². The molecule has 9 rings (SSSR count). The summed E-state index contributed by atoms with van der Waals surface area (Å²) in [4.78, 5) is 0. The second-order valence-corrected chi connectivity index (χ2v) is 20.7. The molecule has 0 fully saturated rings. The number of hydrogen-bond donors (Lipinski definition) is 0. The summed E-state index contributed by atoms with van der Waals surface area (Å²) < 4.78 is 8.02. The summed E-state index contributed by atoms with van der Waals surface area (Å²) in [6, 6.07) is 35.1. The molecule has 0 saturated carbocycles. The lowest BCUT2D eigenvalue weighted by atomic mass is 9.77. The number of aryl methyl sites for hydroxylation is 2. The predicted octanol–water partition coefficient (Wildman–Crippen LogP) is 18.6. The van der Waals surface area contributed by atoms with Gasteiger partial charge in [0.1, 0.15) is 5.75 Å². The Hall–Kier alpha value is -3.78. The molecule has 0 spiro atoms. The monoisotopic (exact) mass is 844 g/mol. The maximum Gasteiger partial charge on any atom is 0.122 e. The van der Waals surface area contributed by atoms with Crippen molar-refractivity contribution in [3.05, 3.63) is 137 Å². The zero-order chi connectivity index (χ0) is 47.1. The standard InChI is InChI=1S/C16H18.C13H18.C12H16O.C11H17N.4C2H6/c1-16(2,3)14-10-12-8-4-6-11-7-5-9-13(14)15(11)12;1-13(2,3)12-9-8-10-6-4-5-7-11(10)12;1-12(2,3)10-8-13-11-7-5-4-6-9(10)11;1-11(2,3)9-6-8-12-7-4-5-10(9)12;4*1-2/h4-9,14H,10H2,1-3H3;4-7,12H,8-9H2,1-3H3;4-7,10H,8H2,1-3H3;4-5,7,9H,6,8H2,1-3H3;4*1-2H3. The van der Waals surface area contributed by atoms with Crippen molar-refractivity contribution < 1.29 is 4.74 Å². The first kappa shape index (κ1) is 54.4. The summed E-state index contributed by atoms with van der Waals surface area (Å²) >= 11 is 0. The minimum Gasteiger partial charge on any atom is -0.493 e. The third-order valence-corrected chi connectivity index (χ3v) is 12.7. The third kappa shape index (κ3) is 13.9. The van der Waals surface area contributed by atoms with Gasteiger partial charge < -0.3 is 9.30 Å². The normalized spacial score (nSPS) is 18.7. The molecule has 4 atom stereocenters. The van der Waals surface area contributed by atoms with Crippen molar-refractivity contribution in [2.45, 2.75) is 194 Å². The number of ether oxygens (including phenoxy) is 1. The van der Waals surface area contributed by atoms with Gasteiger partial charge in [0.15, 0.2) is 0 Å². The SMILES string of the molecule is CC.CC.CC.CC.CC(C)(C)C1CCc2ccccc21.CC(C)(C)C1CCn2cccc21.CC(C)(C)C1COc2ccccc21.CC(C)(C)C1Cc2cccc3cccc1c23. The van der Waals surface area contributed by atoms with E-state index in [1.54, 1.807) is 16.7 Å². The van der Waals surface area contributed by atoms with Crippen LogP contribution in [0.1, 0.15) is 208 Å². The largest absolute Gasteiger partial charge is 0.493 e. The van der Waals surface area contributed by atoms with Crippen LogP contribution in [0.2, 0.25) is 0 Å². The summed E-state index contributed by atoms with van der Waals surface area (Å²) in [7, 11) is 0. The molecule has 2 aliphatic carbocycles. The molecule has 0 saturated heterocycles. The quantitative estimate of drug-likeness (QED) is 0.151. The molecule has 4 aliphatic rings. The highest BCUT2D eigenvalue weighted by molar-refractivity contribution is 5.91. The highest BCUT2D eigenvalue weighted by Crippen LogP contribution is 2.48. The van der Waals surface area contributed by atoms with Crippen LogP contribution in [-0.2, 0) is 19.4 Å². The van der Waals surface area contributed by atoms with Gasteiger partial charge in [0.2, 0.25) is 0 Å². The Morgan fingerprint density at radius 3 is 1.53 bits per heavy atom. The molecule has 0 N–H and O–H groups in total. The van der Waals surface area contributed by atoms with Crippen molar-refractivity contribution in [1.29, 1.82) is 0 Å². The van der Waals surface area contributed by atoms with E-state index in [4.69, 9.17) is 4.74 Å². The molecular weight excluding hydrogens is 751 g/mol. The van der Waals surface area contributed by atoms with Gasteiger partial charge >= 0.3 is 0 Å². The van der Waals surface area contributed by atoms with E-state index in [1.165, 1.54) is 59.8 Å². The van der Waals surface area contributed by atoms with Crippen LogP contribution in [0.3, 0.4) is 0 Å². The number of para-hydroxylation sites is 1. The molecule has 2 aliphatic heterocycles. The summed E-state index contributed by atoms with van der Waals surface area (Å²) in [5.74, 6) is 3.82. The lowest BCUT2D eigenvalue weighted by Gasteiger charge is -2.27. The van der Waals surface area contributed by atoms with Crippen molar-refractivity contribution in [2.24, 2.45) is 21.7 Å². The van der Waals surface area contributed by atoms with Gasteiger partial charge in [-0.05, 0) is 110 Å². The fraction of sp³-hybridized carbons (Fsp3) is 0.567. The fourth-order valence-corrected chi connectivity index (χ4v) is 9.59. The summed E-state index contributed by atoms with van der Waals surface area (Å²) in [6.45, 7) is 45.9. The summed E-state index contributed by atoms with van der Waals surface area (Å²) in [5, 5.41) is 2.92. The summed E-state index contributed by atoms with van der Waals surface area (Å²) in [5.41, 5.74) is 10.7. The number of hydrogen-bond acceptors (Lipinski definition) is 1. The summed E-state index contributed by atoms with van der Waals surface area (Å²) in [6.07, 6.45) is 7.34. The van der Waals surface area contributed by atoms with E-state index in [2.05, 4.69) is 185 Å². The van der Waals surface area contributed by atoms with Gasteiger partial charge in [-0.25, -0.2) is 0 Å². The van der Waals surface area contributed by atoms with E-state index in [9.17, 15) is 0 Å². The Labute approximate surface area is 383 Å². The van der Waals surface area contributed by atoms with E-state index < -0.39 is 0 Å². The number of rotatable bonds is 0. The maximum atomic E-state index is 5.64. The molecule has 0 amide bonds. The second kappa shape index (κ2) is 24.3. The van der Waals surface area contributed by atoms with Crippen LogP contribution in [0.25, 0.3) is 10.8 Å². The molecule has 4 aromatic carbocycles. The van der Waals surface area contributed by atoms with Crippen molar-refractivity contribution in [2.75, 3.05) is 6.61 Å². The van der Waals surface area contributed by atoms with Crippen LogP contribution < -0.4 is 4.74 Å². The topological polar surface area (TPSA) is 14.2 Å². The number of benzene rings is 4. The zero-order valence-corrected chi connectivity index (χ0v) is 43.7.